The van der Waals surface area contributed by atoms with Crippen LogP contribution < -0.4 is 0 Å². The number of hydrogen-bond acceptors (Lipinski definition) is 0. The van der Waals surface area contributed by atoms with Gasteiger partial charge in [-0.05, 0) is 93.3 Å². The monoisotopic (exact) mass is 564 g/mol. The molecule has 0 amide bonds. The summed E-state index contributed by atoms with van der Waals surface area (Å²) in [4.78, 5) is 0. The Labute approximate surface area is 267 Å². The lowest BCUT2D eigenvalue weighted by Crippen LogP contribution is -1.93. The number of rotatable bonds is 3. The van der Waals surface area contributed by atoms with Gasteiger partial charge in [0.1, 0.15) is 0 Å². The van der Waals surface area contributed by atoms with E-state index in [-0.39, 0.29) is 45.7 Å². The highest BCUT2D eigenvalue weighted by Gasteiger charge is 2.20. The van der Waals surface area contributed by atoms with Gasteiger partial charge < -0.3 is 0 Å². The second kappa shape index (κ2) is 9.93. The highest BCUT2D eigenvalue weighted by atomic mass is 14.2. The quantitative estimate of drug-likeness (QED) is 0.148. The summed E-state index contributed by atoms with van der Waals surface area (Å²) in [7, 11) is 0. The Morgan fingerprint density at radius 3 is 1.52 bits per heavy atom. The smallest absolute Gasteiger partial charge is 0.0622 e. The Balaban J connectivity index is 1.60. The maximum atomic E-state index is 9.48. The molecule has 0 saturated heterocycles. The van der Waals surface area contributed by atoms with Gasteiger partial charge in [0.05, 0.1) is 11.0 Å². The molecule has 0 aliphatic rings. The van der Waals surface area contributed by atoms with E-state index in [1.165, 1.54) is 0 Å². The third-order valence-electron chi connectivity index (χ3n) is 8.67. The second-order valence-electron chi connectivity index (χ2n) is 11.0. The van der Waals surface area contributed by atoms with E-state index < -0.39 is 24.2 Å². The van der Waals surface area contributed by atoms with Gasteiger partial charge in [-0.2, -0.15) is 0 Å². The van der Waals surface area contributed by atoms with E-state index in [0.29, 0.717) is 22.3 Å². The summed E-state index contributed by atoms with van der Waals surface area (Å²) in [6.07, 6.45) is 0. The molecule has 0 spiro atoms. The van der Waals surface area contributed by atoms with Crippen molar-refractivity contribution in [2.24, 2.45) is 0 Å². The van der Waals surface area contributed by atoms with Crippen molar-refractivity contribution in [1.82, 2.24) is 0 Å². The summed E-state index contributed by atoms with van der Waals surface area (Å²) >= 11 is 0. The van der Waals surface area contributed by atoms with E-state index in [1.54, 1.807) is 0 Å². The summed E-state index contributed by atoms with van der Waals surface area (Å²) in [5.74, 6) is 0. The van der Waals surface area contributed by atoms with Crippen LogP contribution in [0.15, 0.2) is 170 Å². The molecule has 0 atom stereocenters. The average Bonchev–Trinajstić information content (AvgIpc) is 3.19. The summed E-state index contributed by atoms with van der Waals surface area (Å²) in [5.41, 5.74) is 3.52. The topological polar surface area (TPSA) is 0 Å². The minimum atomic E-state index is -0.420. The minimum Gasteiger partial charge on any atom is -0.0622 e. The molecule has 0 radical (unpaired) electrons. The third kappa shape index (κ3) is 3.71. The van der Waals surface area contributed by atoms with Crippen molar-refractivity contribution in [2.45, 2.75) is 0 Å². The van der Waals surface area contributed by atoms with Crippen molar-refractivity contribution in [2.75, 3.05) is 0 Å². The van der Waals surface area contributed by atoms with Gasteiger partial charge in [-0.15, -0.1) is 0 Å². The Hall–Kier alpha value is -5.72. The molecule has 0 heteroatoms. The molecule has 0 aromatic heterocycles. The van der Waals surface area contributed by atoms with Crippen molar-refractivity contribution in [1.29, 1.82) is 0 Å². The zero-order chi connectivity index (χ0) is 36.0. The molecule has 9 aromatic carbocycles. The van der Waals surface area contributed by atoms with Gasteiger partial charge in [-0.1, -0.05) is 164 Å². The molecule has 0 aliphatic carbocycles. The van der Waals surface area contributed by atoms with Gasteiger partial charge in [-0.3, -0.25) is 0 Å². The highest BCUT2D eigenvalue weighted by molar-refractivity contribution is 6.28. The predicted octanol–water partition coefficient (Wildman–Crippen LogP) is 12.5. The molecule has 0 N–H and O–H groups in total. The Kier molecular flexibility index (Phi) is 4.08. The molecule has 0 saturated carbocycles. The van der Waals surface area contributed by atoms with Crippen LogP contribution in [0.5, 0.6) is 0 Å². The van der Waals surface area contributed by atoms with Crippen LogP contribution in [-0.2, 0) is 0 Å². The maximum Gasteiger partial charge on any atom is 0.0629 e. The molecule has 204 valence electrons. The fraction of sp³-hybridized carbons (Fsp3) is 0. The van der Waals surface area contributed by atoms with Crippen LogP contribution >= 0.6 is 0 Å². The van der Waals surface area contributed by atoms with E-state index >= 15 is 0 Å². The third-order valence-corrected chi connectivity index (χ3v) is 8.67. The summed E-state index contributed by atoms with van der Waals surface area (Å²) in [5, 5.41) is 6.59. The lowest BCUT2D eigenvalue weighted by Gasteiger charge is -2.21. The molecule has 0 heterocycles. The molecule has 44 heavy (non-hydrogen) atoms. The van der Waals surface area contributed by atoms with Crippen LogP contribution in [0.25, 0.3) is 87.2 Å². The fourth-order valence-corrected chi connectivity index (χ4v) is 6.82. The molecule has 9 rings (SSSR count). The molecule has 0 aliphatic heterocycles. The van der Waals surface area contributed by atoms with Crippen molar-refractivity contribution in [3.05, 3.63) is 170 Å². The van der Waals surface area contributed by atoms with Crippen LogP contribution in [0.2, 0.25) is 0 Å². The Morgan fingerprint density at radius 1 is 0.341 bits per heavy atom. The Bertz CT molecular complexity index is 2910. The number of hydrogen-bond donors (Lipinski definition) is 0. The summed E-state index contributed by atoms with van der Waals surface area (Å²) in [6.45, 7) is 0. The molecule has 0 nitrogen and oxygen atoms in total. The Morgan fingerprint density at radius 2 is 0.841 bits per heavy atom. The van der Waals surface area contributed by atoms with Gasteiger partial charge in [-0.25, -0.2) is 0 Å². The average molecular weight is 565 g/mol. The first-order chi connectivity index (χ1) is 25.2. The van der Waals surface area contributed by atoms with Crippen LogP contribution in [-0.4, -0.2) is 0 Å². The molecular formula is C44H28. The largest absolute Gasteiger partial charge is 0.0629 e. The molecule has 0 fully saturated rings. The standard InChI is InChI=1S/C44H28/c1-2-14-29(15-3-1)32-17-6-8-20-35(32)43-37-22-10-12-24-39(37)44(40-25-13-11-23-38(40)43)41-28-31-27-26-30-16-4-5-18-33(30)42(31)36-21-9-7-19-34(36)41/h1-28H/i10D,11D,12D,13D,22D,23D,24D,25D. The zero-order valence-corrected chi connectivity index (χ0v) is 23.5. The van der Waals surface area contributed by atoms with Crippen LogP contribution in [0.1, 0.15) is 11.0 Å². The van der Waals surface area contributed by atoms with E-state index in [1.807, 2.05) is 109 Å². The van der Waals surface area contributed by atoms with Crippen LogP contribution in [0.4, 0.5) is 0 Å². The predicted molar refractivity (Wildman–Crippen MR) is 190 cm³/mol. The van der Waals surface area contributed by atoms with E-state index in [4.69, 9.17) is 5.48 Å². The molecular weight excluding hydrogens is 528 g/mol. The summed E-state index contributed by atoms with van der Waals surface area (Å²) < 4.78 is 73.4. The first kappa shape index (κ1) is 18.1. The van der Waals surface area contributed by atoms with Crippen LogP contribution in [0.3, 0.4) is 0 Å². The number of benzene rings is 9. The normalized spacial score (nSPS) is 14.2. The highest BCUT2D eigenvalue weighted by Crippen LogP contribution is 2.48. The maximum absolute atomic E-state index is 9.48. The van der Waals surface area contributed by atoms with Gasteiger partial charge in [0.2, 0.25) is 0 Å². The van der Waals surface area contributed by atoms with Gasteiger partial charge in [0.25, 0.3) is 0 Å². The van der Waals surface area contributed by atoms with Crippen molar-refractivity contribution >= 4 is 53.9 Å². The molecule has 0 unspecified atom stereocenters. The minimum absolute atomic E-state index is 0.199. The first-order valence-corrected chi connectivity index (χ1v) is 14.6. The van der Waals surface area contributed by atoms with Gasteiger partial charge in [0.15, 0.2) is 0 Å². The first-order valence-electron chi connectivity index (χ1n) is 18.6. The van der Waals surface area contributed by atoms with Crippen molar-refractivity contribution < 1.29 is 11.0 Å². The van der Waals surface area contributed by atoms with Crippen molar-refractivity contribution in [3.8, 4) is 33.4 Å². The number of fused-ring (bicyclic) bond motifs is 7. The lowest BCUT2D eigenvalue weighted by molar-refractivity contribution is 1.61. The van der Waals surface area contributed by atoms with E-state index in [9.17, 15) is 5.48 Å². The lowest BCUT2D eigenvalue weighted by atomic mass is 9.82. The van der Waals surface area contributed by atoms with Crippen LogP contribution in [0, 0.1) is 0 Å². The second-order valence-corrected chi connectivity index (χ2v) is 11.0. The van der Waals surface area contributed by atoms with Gasteiger partial charge >= 0.3 is 0 Å². The fourth-order valence-electron chi connectivity index (χ4n) is 6.82. The molecule has 9 aromatic rings. The van der Waals surface area contributed by atoms with Gasteiger partial charge in [0, 0.05) is 0 Å². The SMILES string of the molecule is [2H]c1c([2H])c([2H])c2c(-c3cc4ccc5ccccc5c4c4ccccc34)c3c([2H])c([2H])c([2H])c([2H])c3c(-c3ccccc3-c3ccccc3)c2c1[2H]. The van der Waals surface area contributed by atoms with E-state index in [0.717, 1.165) is 43.4 Å². The summed E-state index contributed by atoms with van der Waals surface area (Å²) in [6, 6.07) is 36.5. The molecule has 0 bridgehead atoms. The van der Waals surface area contributed by atoms with Crippen molar-refractivity contribution in [3.63, 3.8) is 0 Å². The van der Waals surface area contributed by atoms with E-state index in [2.05, 4.69) is 12.1 Å². The zero-order valence-electron chi connectivity index (χ0n) is 31.5.